The van der Waals surface area contributed by atoms with E-state index in [2.05, 4.69) is 22.0 Å². The molecule has 1 aliphatic heterocycles. The van der Waals surface area contributed by atoms with Crippen LogP contribution in [0.25, 0.3) is 22.7 Å². The summed E-state index contributed by atoms with van der Waals surface area (Å²) in [5.74, 6) is 3.98. The monoisotopic (exact) mass is 376 g/mol. The van der Waals surface area contributed by atoms with Crippen LogP contribution in [0.1, 0.15) is 48.3 Å². The van der Waals surface area contributed by atoms with Gasteiger partial charge in [0, 0.05) is 6.54 Å². The maximum atomic E-state index is 5.89. The maximum absolute atomic E-state index is 5.89. The van der Waals surface area contributed by atoms with Crippen LogP contribution in [-0.4, -0.2) is 26.4 Å². The number of rotatable bonds is 4. The van der Waals surface area contributed by atoms with Gasteiger partial charge in [-0.05, 0) is 57.5 Å². The number of H-pyrrole nitrogens is 1. The highest BCUT2D eigenvalue weighted by atomic mass is 16.4. The lowest BCUT2D eigenvalue weighted by molar-refractivity contribution is 0.132. The summed E-state index contributed by atoms with van der Waals surface area (Å²) >= 11 is 0. The van der Waals surface area contributed by atoms with E-state index >= 15 is 0 Å². The Kier molecular flexibility index (Phi) is 4.28. The number of nitrogens with zero attached hydrogens (tertiary/aromatic N) is 3. The third-order valence-corrected chi connectivity index (χ3v) is 5.53. The summed E-state index contributed by atoms with van der Waals surface area (Å²) in [7, 11) is 0. The fraction of sp³-hybridized carbons (Fsp3) is 0.364. The molecule has 1 N–H and O–H groups in total. The third kappa shape index (κ3) is 3.14. The Hall–Kier alpha value is -2.86. The highest BCUT2D eigenvalue weighted by Gasteiger charge is 2.28. The van der Waals surface area contributed by atoms with Crippen LogP contribution in [0.5, 0.6) is 0 Å². The van der Waals surface area contributed by atoms with Crippen molar-refractivity contribution in [2.75, 3.05) is 6.54 Å². The van der Waals surface area contributed by atoms with Gasteiger partial charge in [0.25, 0.3) is 5.89 Å². The van der Waals surface area contributed by atoms with Crippen LogP contribution in [0.4, 0.5) is 0 Å². The van der Waals surface area contributed by atoms with E-state index in [1.807, 2.05) is 38.1 Å². The number of hydrogen-bond donors (Lipinski definition) is 1. The molecular formula is C22H24N4O2. The Morgan fingerprint density at radius 3 is 2.79 bits per heavy atom. The summed E-state index contributed by atoms with van der Waals surface area (Å²) in [5.41, 5.74) is 3.08. The second kappa shape index (κ2) is 6.95. The van der Waals surface area contributed by atoms with Crippen molar-refractivity contribution >= 4 is 11.0 Å². The smallest absolute Gasteiger partial charge is 0.263 e. The lowest BCUT2D eigenvalue weighted by atomic mass is 10.0. The van der Waals surface area contributed by atoms with Gasteiger partial charge in [0.2, 0.25) is 0 Å². The fourth-order valence-corrected chi connectivity index (χ4v) is 4.04. The molecule has 0 bridgehead atoms. The number of imidazole rings is 1. The zero-order valence-corrected chi connectivity index (χ0v) is 16.2. The minimum absolute atomic E-state index is 0.270. The quantitative estimate of drug-likeness (QED) is 0.533. The molecule has 1 saturated heterocycles. The van der Waals surface area contributed by atoms with E-state index in [-0.39, 0.29) is 6.04 Å². The second-order valence-corrected chi connectivity index (χ2v) is 7.55. The Labute approximate surface area is 163 Å². The summed E-state index contributed by atoms with van der Waals surface area (Å²) < 4.78 is 11.6. The topological polar surface area (TPSA) is 71.1 Å². The number of hydrogen-bond acceptors (Lipinski definition) is 5. The molecule has 1 atom stereocenters. The molecule has 5 rings (SSSR count). The lowest BCUT2D eigenvalue weighted by Crippen LogP contribution is -2.33. The van der Waals surface area contributed by atoms with Gasteiger partial charge in [0.05, 0.1) is 22.8 Å². The molecule has 0 radical (unpaired) electrons. The SMILES string of the molecule is Cc1ccc(-c2nc(CN3CCCCC3c3nc4ccccc4[nH]3)c(C)o2)o1. The highest BCUT2D eigenvalue weighted by Crippen LogP contribution is 2.33. The molecule has 1 unspecified atom stereocenters. The summed E-state index contributed by atoms with van der Waals surface area (Å²) in [6.07, 6.45) is 3.51. The molecule has 4 aromatic rings. The van der Waals surface area contributed by atoms with Gasteiger partial charge in [-0.2, -0.15) is 0 Å². The molecule has 6 heteroatoms. The van der Waals surface area contributed by atoms with E-state index in [1.165, 1.54) is 12.8 Å². The number of para-hydroxylation sites is 2. The maximum Gasteiger partial charge on any atom is 0.263 e. The number of fused-ring (bicyclic) bond motifs is 1. The van der Waals surface area contributed by atoms with Crippen LogP contribution in [0.15, 0.2) is 45.2 Å². The predicted octanol–water partition coefficient (Wildman–Crippen LogP) is 5.15. The highest BCUT2D eigenvalue weighted by molar-refractivity contribution is 5.74. The first-order chi connectivity index (χ1) is 13.7. The number of furan rings is 1. The molecule has 28 heavy (non-hydrogen) atoms. The number of oxazole rings is 1. The van der Waals surface area contributed by atoms with Crippen LogP contribution >= 0.6 is 0 Å². The molecule has 6 nitrogen and oxygen atoms in total. The molecule has 0 saturated carbocycles. The first kappa shape index (κ1) is 17.3. The van der Waals surface area contributed by atoms with Crippen molar-refractivity contribution in [2.24, 2.45) is 0 Å². The average molecular weight is 376 g/mol. The van der Waals surface area contributed by atoms with Gasteiger partial charge in [0.15, 0.2) is 5.76 Å². The summed E-state index contributed by atoms with van der Waals surface area (Å²) in [6.45, 7) is 5.67. The van der Waals surface area contributed by atoms with Crippen molar-refractivity contribution in [2.45, 2.75) is 45.7 Å². The number of aryl methyl sites for hydroxylation is 2. The molecule has 0 amide bonds. The number of aromatic nitrogens is 3. The Morgan fingerprint density at radius 2 is 1.96 bits per heavy atom. The second-order valence-electron chi connectivity index (χ2n) is 7.55. The molecule has 4 heterocycles. The molecule has 1 aromatic carbocycles. The predicted molar refractivity (Wildman–Crippen MR) is 107 cm³/mol. The molecule has 3 aromatic heterocycles. The third-order valence-electron chi connectivity index (χ3n) is 5.53. The van der Waals surface area contributed by atoms with Crippen molar-refractivity contribution in [3.8, 4) is 11.7 Å². The molecule has 1 aliphatic rings. The van der Waals surface area contributed by atoms with Crippen molar-refractivity contribution in [1.29, 1.82) is 0 Å². The van der Waals surface area contributed by atoms with Gasteiger partial charge in [-0.1, -0.05) is 18.6 Å². The zero-order valence-electron chi connectivity index (χ0n) is 16.2. The molecule has 144 valence electrons. The molecular weight excluding hydrogens is 352 g/mol. The standard InChI is InChI=1S/C22H24N4O2/c1-14-10-11-20(27-14)22-25-18(15(2)28-22)13-26-12-6-5-9-19(26)21-23-16-7-3-4-8-17(16)24-21/h3-4,7-8,10-11,19H,5-6,9,12-13H2,1-2H3,(H,23,24). The van der Waals surface area contributed by atoms with Crippen molar-refractivity contribution in [3.63, 3.8) is 0 Å². The first-order valence-corrected chi connectivity index (χ1v) is 9.89. The van der Waals surface area contributed by atoms with E-state index in [9.17, 15) is 0 Å². The van der Waals surface area contributed by atoms with Crippen molar-refractivity contribution < 1.29 is 8.83 Å². The zero-order chi connectivity index (χ0) is 19.1. The van der Waals surface area contributed by atoms with Gasteiger partial charge in [-0.25, -0.2) is 9.97 Å². The Balaban J connectivity index is 1.42. The summed E-state index contributed by atoms with van der Waals surface area (Å²) in [6, 6.07) is 12.3. The van der Waals surface area contributed by atoms with Gasteiger partial charge < -0.3 is 13.8 Å². The fourth-order valence-electron chi connectivity index (χ4n) is 4.04. The average Bonchev–Trinajstić information content (AvgIpc) is 3.41. The Bertz CT molecular complexity index is 1070. The number of likely N-dealkylation sites (tertiary alicyclic amines) is 1. The summed E-state index contributed by atoms with van der Waals surface area (Å²) in [5, 5.41) is 0. The minimum Gasteiger partial charge on any atom is -0.456 e. The van der Waals surface area contributed by atoms with Gasteiger partial charge in [-0.3, -0.25) is 4.90 Å². The van der Waals surface area contributed by atoms with Crippen LogP contribution in [0.3, 0.4) is 0 Å². The van der Waals surface area contributed by atoms with E-state index in [4.69, 9.17) is 18.8 Å². The van der Waals surface area contributed by atoms with Gasteiger partial charge in [0.1, 0.15) is 17.3 Å². The van der Waals surface area contributed by atoms with Crippen LogP contribution in [-0.2, 0) is 6.54 Å². The van der Waals surface area contributed by atoms with Crippen LogP contribution < -0.4 is 0 Å². The number of piperidine rings is 1. The van der Waals surface area contributed by atoms with Crippen molar-refractivity contribution in [1.82, 2.24) is 19.9 Å². The molecule has 0 aliphatic carbocycles. The largest absolute Gasteiger partial charge is 0.456 e. The number of nitrogens with one attached hydrogen (secondary N) is 1. The lowest BCUT2D eigenvalue weighted by Gasteiger charge is -2.33. The molecule has 1 fully saturated rings. The van der Waals surface area contributed by atoms with Gasteiger partial charge >= 0.3 is 0 Å². The van der Waals surface area contributed by atoms with E-state index in [0.29, 0.717) is 11.7 Å². The van der Waals surface area contributed by atoms with E-state index < -0.39 is 0 Å². The Morgan fingerprint density at radius 1 is 1.07 bits per heavy atom. The van der Waals surface area contributed by atoms with Gasteiger partial charge in [-0.15, -0.1) is 0 Å². The normalized spacial score (nSPS) is 18.1. The number of benzene rings is 1. The van der Waals surface area contributed by atoms with E-state index in [1.54, 1.807) is 0 Å². The van der Waals surface area contributed by atoms with E-state index in [0.717, 1.165) is 53.6 Å². The first-order valence-electron chi connectivity index (χ1n) is 9.89. The minimum atomic E-state index is 0.270. The van der Waals surface area contributed by atoms with Crippen LogP contribution in [0, 0.1) is 13.8 Å². The van der Waals surface area contributed by atoms with Crippen LogP contribution in [0.2, 0.25) is 0 Å². The van der Waals surface area contributed by atoms with Crippen molar-refractivity contribution in [3.05, 3.63) is 59.4 Å². The summed E-state index contributed by atoms with van der Waals surface area (Å²) in [4.78, 5) is 15.6. The number of aromatic amines is 1. The molecule has 0 spiro atoms.